The third kappa shape index (κ3) is 2.08. The van der Waals surface area contributed by atoms with Gasteiger partial charge < -0.3 is 10.5 Å². The fourth-order valence-electron chi connectivity index (χ4n) is 2.25. The summed E-state index contributed by atoms with van der Waals surface area (Å²) in [5.74, 6) is -0.512. The summed E-state index contributed by atoms with van der Waals surface area (Å²) < 4.78 is 30.9. The predicted molar refractivity (Wildman–Crippen MR) is 76.0 cm³/mol. The van der Waals surface area contributed by atoms with Crippen molar-refractivity contribution in [1.82, 2.24) is 0 Å². The molecule has 0 saturated heterocycles. The highest BCUT2D eigenvalue weighted by Crippen LogP contribution is 2.43. The maximum atomic E-state index is 12.6. The number of amides is 1. The number of rotatable bonds is 2. The zero-order chi connectivity index (χ0) is 15.2. The van der Waals surface area contributed by atoms with Crippen LogP contribution in [0.15, 0.2) is 52.3 Å². The van der Waals surface area contributed by atoms with Gasteiger partial charge in [0, 0.05) is 0 Å². The number of benzene rings is 2. The first kappa shape index (κ1) is 13.6. The average molecular weight is 303 g/mol. The van der Waals surface area contributed by atoms with Gasteiger partial charge in [0.2, 0.25) is 15.7 Å². The number of para-hydroxylation sites is 1. The lowest BCUT2D eigenvalue weighted by Crippen LogP contribution is -2.19. The molecule has 21 heavy (non-hydrogen) atoms. The van der Waals surface area contributed by atoms with E-state index in [4.69, 9.17) is 10.5 Å². The van der Waals surface area contributed by atoms with E-state index in [0.29, 0.717) is 11.3 Å². The van der Waals surface area contributed by atoms with E-state index in [2.05, 4.69) is 0 Å². The molecule has 0 aliphatic carbocycles. The molecule has 5 nitrogen and oxygen atoms in total. The Balaban J connectivity index is 2.19. The largest absolute Gasteiger partial charge is 0.455 e. The molecule has 1 aliphatic rings. The molecule has 6 heteroatoms. The lowest BCUT2D eigenvalue weighted by atomic mass is 10.0. The summed E-state index contributed by atoms with van der Waals surface area (Å²) in [4.78, 5) is 11.5. The third-order valence-electron chi connectivity index (χ3n) is 3.54. The van der Waals surface area contributed by atoms with Crippen LogP contribution in [0, 0.1) is 0 Å². The summed E-state index contributed by atoms with van der Waals surface area (Å²) >= 11 is 0. The summed E-state index contributed by atoms with van der Waals surface area (Å²) in [6.45, 7) is 1.63. The third-order valence-corrected chi connectivity index (χ3v) is 5.36. The van der Waals surface area contributed by atoms with Crippen molar-refractivity contribution in [3.8, 4) is 11.5 Å². The Morgan fingerprint density at radius 1 is 1.10 bits per heavy atom. The van der Waals surface area contributed by atoms with Crippen molar-refractivity contribution in [3.05, 3.63) is 48.0 Å². The van der Waals surface area contributed by atoms with Crippen LogP contribution >= 0.6 is 0 Å². The maximum Gasteiger partial charge on any atom is 0.224 e. The van der Waals surface area contributed by atoms with Crippen molar-refractivity contribution >= 4 is 15.7 Å². The first-order chi connectivity index (χ1) is 9.91. The lowest BCUT2D eigenvalue weighted by Gasteiger charge is -2.21. The molecule has 0 spiro atoms. The fraction of sp³-hybridized carbons (Fsp3) is 0.133. The van der Waals surface area contributed by atoms with Gasteiger partial charge in [-0.1, -0.05) is 18.2 Å². The average Bonchev–Trinajstić information content (AvgIpc) is 2.46. The number of nitrogens with two attached hydrogens (primary N) is 1. The summed E-state index contributed by atoms with van der Waals surface area (Å²) in [7, 11) is -3.66. The molecule has 1 atom stereocenters. The smallest absolute Gasteiger partial charge is 0.224 e. The minimum absolute atomic E-state index is 0.0619. The summed E-state index contributed by atoms with van der Waals surface area (Å²) in [5, 5.41) is 0. The number of hydrogen-bond donors (Lipinski definition) is 1. The second-order valence-corrected chi connectivity index (χ2v) is 6.77. The number of ether oxygens (including phenoxy) is 1. The molecular weight excluding hydrogens is 290 g/mol. The van der Waals surface area contributed by atoms with E-state index < -0.39 is 21.7 Å². The quantitative estimate of drug-likeness (QED) is 0.786. The van der Waals surface area contributed by atoms with Gasteiger partial charge in [-0.15, -0.1) is 0 Å². The number of sulfone groups is 1. The Kier molecular flexibility index (Phi) is 2.98. The van der Waals surface area contributed by atoms with Crippen LogP contribution in [-0.2, 0) is 14.6 Å². The van der Waals surface area contributed by atoms with Gasteiger partial charge in [0.25, 0.3) is 0 Å². The van der Waals surface area contributed by atoms with Crippen molar-refractivity contribution in [3.63, 3.8) is 0 Å². The first-order valence-electron chi connectivity index (χ1n) is 6.36. The summed E-state index contributed by atoms with van der Waals surface area (Å²) in [6, 6.07) is 11.1. The van der Waals surface area contributed by atoms with Crippen LogP contribution in [0.4, 0.5) is 0 Å². The normalized spacial score (nSPS) is 16.2. The second-order valence-electron chi connectivity index (χ2n) is 4.88. The molecule has 0 aromatic heterocycles. The standard InChI is InChI=1S/C15H13NO4S/c1-9(15(16)17)10-6-7-12-14(8-10)21(18,19)13-5-3-2-4-11(13)20-12/h2-9H,1H3,(H2,16,17). The Hall–Kier alpha value is -2.34. The summed E-state index contributed by atoms with van der Waals surface area (Å²) in [6.07, 6.45) is 0. The van der Waals surface area contributed by atoms with E-state index in [-0.39, 0.29) is 15.5 Å². The molecule has 1 aliphatic heterocycles. The van der Waals surface area contributed by atoms with Gasteiger partial charge in [-0.2, -0.15) is 0 Å². The van der Waals surface area contributed by atoms with Gasteiger partial charge in [-0.25, -0.2) is 8.42 Å². The predicted octanol–water partition coefficient (Wildman–Crippen LogP) is 2.21. The summed E-state index contributed by atoms with van der Waals surface area (Å²) in [5.41, 5.74) is 5.82. The highest BCUT2D eigenvalue weighted by Gasteiger charge is 2.31. The van der Waals surface area contributed by atoms with Crippen molar-refractivity contribution in [2.45, 2.75) is 22.6 Å². The first-order valence-corrected chi connectivity index (χ1v) is 7.85. The SMILES string of the molecule is CC(C(N)=O)c1ccc2c(c1)S(=O)(=O)c1ccccc1O2. The van der Waals surface area contributed by atoms with Crippen molar-refractivity contribution in [1.29, 1.82) is 0 Å². The van der Waals surface area contributed by atoms with Crippen LogP contribution in [0.3, 0.4) is 0 Å². The van der Waals surface area contributed by atoms with E-state index in [1.54, 1.807) is 37.3 Å². The minimum atomic E-state index is -3.66. The molecular formula is C15H13NO4S. The van der Waals surface area contributed by atoms with Crippen LogP contribution in [0.2, 0.25) is 0 Å². The van der Waals surface area contributed by atoms with Crippen LogP contribution in [0.5, 0.6) is 11.5 Å². The number of fused-ring (bicyclic) bond motifs is 2. The van der Waals surface area contributed by atoms with E-state index in [1.807, 2.05) is 0 Å². The second kappa shape index (κ2) is 4.60. The van der Waals surface area contributed by atoms with Gasteiger partial charge in [0.15, 0.2) is 0 Å². The number of carbonyl (C=O) groups is 1. The molecule has 2 aromatic carbocycles. The molecule has 0 fully saturated rings. The monoisotopic (exact) mass is 303 g/mol. The highest BCUT2D eigenvalue weighted by atomic mass is 32.2. The van der Waals surface area contributed by atoms with Crippen LogP contribution in [0.1, 0.15) is 18.4 Å². The van der Waals surface area contributed by atoms with Gasteiger partial charge in [0.05, 0.1) is 5.92 Å². The van der Waals surface area contributed by atoms with Crippen molar-refractivity contribution in [2.24, 2.45) is 5.73 Å². The molecule has 0 radical (unpaired) electrons. The zero-order valence-corrected chi connectivity index (χ0v) is 12.1. The maximum absolute atomic E-state index is 12.6. The Bertz CT molecular complexity index is 843. The van der Waals surface area contributed by atoms with Gasteiger partial charge in [-0.3, -0.25) is 4.79 Å². The molecule has 1 amide bonds. The highest BCUT2D eigenvalue weighted by molar-refractivity contribution is 7.91. The Morgan fingerprint density at radius 3 is 2.48 bits per heavy atom. The van der Waals surface area contributed by atoms with E-state index >= 15 is 0 Å². The topological polar surface area (TPSA) is 86.5 Å². The number of carbonyl (C=O) groups excluding carboxylic acids is 1. The van der Waals surface area contributed by atoms with Gasteiger partial charge in [0.1, 0.15) is 21.3 Å². The van der Waals surface area contributed by atoms with E-state index in [1.165, 1.54) is 12.1 Å². The fourth-order valence-corrected chi connectivity index (χ4v) is 3.78. The number of primary amides is 1. The molecule has 2 aromatic rings. The van der Waals surface area contributed by atoms with Crippen LogP contribution < -0.4 is 10.5 Å². The van der Waals surface area contributed by atoms with Gasteiger partial charge in [-0.05, 0) is 36.8 Å². The molecule has 3 rings (SSSR count). The van der Waals surface area contributed by atoms with E-state index in [9.17, 15) is 13.2 Å². The van der Waals surface area contributed by atoms with E-state index in [0.717, 1.165) is 0 Å². The lowest BCUT2D eigenvalue weighted by molar-refractivity contribution is -0.119. The number of hydrogen-bond acceptors (Lipinski definition) is 4. The van der Waals surface area contributed by atoms with Crippen molar-refractivity contribution in [2.75, 3.05) is 0 Å². The zero-order valence-electron chi connectivity index (χ0n) is 11.2. The van der Waals surface area contributed by atoms with Crippen LogP contribution in [0.25, 0.3) is 0 Å². The minimum Gasteiger partial charge on any atom is -0.455 e. The van der Waals surface area contributed by atoms with Crippen molar-refractivity contribution < 1.29 is 17.9 Å². The van der Waals surface area contributed by atoms with Crippen LogP contribution in [-0.4, -0.2) is 14.3 Å². The molecule has 0 bridgehead atoms. The van der Waals surface area contributed by atoms with Gasteiger partial charge >= 0.3 is 0 Å². The molecule has 2 N–H and O–H groups in total. The molecule has 1 heterocycles. The molecule has 108 valence electrons. The Morgan fingerprint density at radius 2 is 1.76 bits per heavy atom. The molecule has 0 saturated carbocycles. The molecule has 1 unspecified atom stereocenters. The Labute approximate surface area is 122 Å².